The first-order valence-electron chi connectivity index (χ1n) is 10.8. The molecule has 1 aliphatic heterocycles. The molecule has 166 valence electrons. The maximum absolute atomic E-state index is 13.5. The molecule has 0 bridgehead atoms. The molecule has 3 aromatic carbocycles. The van der Waals surface area contributed by atoms with Crippen LogP contribution < -0.4 is 0 Å². The third-order valence-electron chi connectivity index (χ3n) is 6.00. The monoisotopic (exact) mass is 436 g/mol. The van der Waals surface area contributed by atoms with Crippen molar-refractivity contribution >= 4 is 5.91 Å². The summed E-state index contributed by atoms with van der Waals surface area (Å²) in [6.45, 7) is 2.47. The topological polar surface area (TPSA) is 43.8 Å². The predicted molar refractivity (Wildman–Crippen MR) is 119 cm³/mol. The fourth-order valence-electron chi connectivity index (χ4n) is 4.26. The lowest BCUT2D eigenvalue weighted by Crippen LogP contribution is -2.49. The highest BCUT2D eigenvalue weighted by Crippen LogP contribution is 2.30. The van der Waals surface area contributed by atoms with Gasteiger partial charge >= 0.3 is 0 Å². The summed E-state index contributed by atoms with van der Waals surface area (Å²) in [4.78, 5) is 16.8. The number of rotatable bonds is 6. The number of para-hydroxylation sites is 1. The van der Waals surface area contributed by atoms with E-state index in [2.05, 4.69) is 4.90 Å². The minimum Gasteiger partial charge on any atom is -0.508 e. The van der Waals surface area contributed by atoms with Crippen molar-refractivity contribution in [2.45, 2.75) is 18.9 Å². The predicted octanol–water partition coefficient (Wildman–Crippen LogP) is 4.54. The van der Waals surface area contributed by atoms with Gasteiger partial charge in [-0.25, -0.2) is 8.78 Å². The maximum Gasteiger partial charge on any atom is 0.222 e. The van der Waals surface area contributed by atoms with Crippen molar-refractivity contribution in [2.75, 3.05) is 26.2 Å². The Hall–Kier alpha value is -3.25. The van der Waals surface area contributed by atoms with Crippen molar-refractivity contribution in [1.82, 2.24) is 9.80 Å². The Bertz CT molecular complexity index is 1000. The molecule has 0 saturated carbocycles. The summed E-state index contributed by atoms with van der Waals surface area (Å²) in [6, 6.07) is 19.7. The minimum atomic E-state index is -0.300. The number of aromatic hydroxyl groups is 1. The number of halogens is 2. The average Bonchev–Trinajstić information content (AvgIpc) is 2.81. The summed E-state index contributed by atoms with van der Waals surface area (Å²) in [6.07, 6.45) is 0.844. The molecule has 0 atom stereocenters. The van der Waals surface area contributed by atoms with Crippen molar-refractivity contribution in [2.24, 2.45) is 0 Å². The molecule has 0 aliphatic carbocycles. The standard InChI is InChI=1S/C26H26F2N2O2/c27-22-10-5-20(6-11-22)26(21-7-12-23(28)13-8-21)30-17-15-29(16-18-30)25(32)14-9-19-3-1-2-4-24(19)31/h1-8,10-13,26,31H,9,14-18H2. The number of carbonyl (C=O) groups excluding carboxylic acids is 1. The van der Waals surface area contributed by atoms with Crippen LogP contribution in [-0.2, 0) is 11.2 Å². The van der Waals surface area contributed by atoms with E-state index in [1.54, 1.807) is 36.4 Å². The van der Waals surface area contributed by atoms with Crippen LogP contribution in [0.2, 0.25) is 0 Å². The van der Waals surface area contributed by atoms with E-state index in [1.165, 1.54) is 24.3 Å². The molecule has 0 unspecified atom stereocenters. The van der Waals surface area contributed by atoms with E-state index < -0.39 is 0 Å². The number of carbonyl (C=O) groups is 1. The van der Waals surface area contributed by atoms with E-state index >= 15 is 0 Å². The molecule has 4 rings (SSSR count). The first-order valence-corrected chi connectivity index (χ1v) is 10.8. The Morgan fingerprint density at radius 3 is 1.88 bits per heavy atom. The molecule has 0 radical (unpaired) electrons. The smallest absolute Gasteiger partial charge is 0.222 e. The maximum atomic E-state index is 13.5. The largest absolute Gasteiger partial charge is 0.508 e. The van der Waals surface area contributed by atoms with Gasteiger partial charge < -0.3 is 10.0 Å². The number of aryl methyl sites for hydroxylation is 1. The number of phenolic OH excluding ortho intramolecular Hbond substituents is 1. The van der Waals surface area contributed by atoms with Crippen LogP contribution >= 0.6 is 0 Å². The molecule has 1 aliphatic rings. The third kappa shape index (κ3) is 5.14. The van der Waals surface area contributed by atoms with Crippen LogP contribution in [0.1, 0.15) is 29.2 Å². The van der Waals surface area contributed by atoms with Crippen molar-refractivity contribution in [3.8, 4) is 5.75 Å². The molecule has 1 amide bonds. The Morgan fingerprint density at radius 2 is 1.34 bits per heavy atom. The van der Waals surface area contributed by atoms with Gasteiger partial charge in [-0.05, 0) is 53.4 Å². The van der Waals surface area contributed by atoms with Gasteiger partial charge in [-0.15, -0.1) is 0 Å². The molecule has 32 heavy (non-hydrogen) atoms. The number of benzene rings is 3. The van der Waals surface area contributed by atoms with Gasteiger partial charge in [0.1, 0.15) is 17.4 Å². The summed E-state index contributed by atoms with van der Waals surface area (Å²) >= 11 is 0. The highest BCUT2D eigenvalue weighted by Gasteiger charge is 2.28. The molecule has 0 aromatic heterocycles. The van der Waals surface area contributed by atoms with Crippen LogP contribution in [0.3, 0.4) is 0 Å². The second-order valence-electron chi connectivity index (χ2n) is 8.05. The zero-order valence-corrected chi connectivity index (χ0v) is 17.8. The Kier molecular flexibility index (Phi) is 6.81. The summed E-state index contributed by atoms with van der Waals surface area (Å²) in [7, 11) is 0. The summed E-state index contributed by atoms with van der Waals surface area (Å²) in [5.74, 6) is -0.322. The van der Waals surface area contributed by atoms with Gasteiger partial charge in [0.05, 0.1) is 6.04 Å². The Morgan fingerprint density at radius 1 is 0.812 bits per heavy atom. The lowest BCUT2D eigenvalue weighted by molar-refractivity contribution is -0.133. The Balaban J connectivity index is 1.43. The Labute approximate surface area is 186 Å². The van der Waals surface area contributed by atoms with Gasteiger partial charge in [0, 0.05) is 32.6 Å². The average molecular weight is 437 g/mol. The van der Waals surface area contributed by atoms with E-state index in [-0.39, 0.29) is 29.3 Å². The van der Waals surface area contributed by atoms with E-state index in [4.69, 9.17) is 0 Å². The lowest BCUT2D eigenvalue weighted by atomic mass is 9.96. The summed E-state index contributed by atoms with van der Waals surface area (Å²) in [5.41, 5.74) is 2.63. The molecular weight excluding hydrogens is 410 g/mol. The van der Waals surface area contributed by atoms with Crippen LogP contribution in [0.4, 0.5) is 8.78 Å². The molecule has 1 heterocycles. The molecule has 1 fully saturated rings. The highest BCUT2D eigenvalue weighted by molar-refractivity contribution is 5.76. The number of phenols is 1. The minimum absolute atomic E-state index is 0.0630. The number of nitrogens with zero attached hydrogens (tertiary/aromatic N) is 2. The van der Waals surface area contributed by atoms with Gasteiger partial charge in [0.2, 0.25) is 5.91 Å². The first-order chi connectivity index (χ1) is 15.5. The second-order valence-corrected chi connectivity index (χ2v) is 8.05. The van der Waals surface area contributed by atoms with E-state index in [0.717, 1.165) is 16.7 Å². The molecule has 1 saturated heterocycles. The van der Waals surface area contributed by atoms with Gasteiger partial charge in [-0.2, -0.15) is 0 Å². The fourth-order valence-corrected chi connectivity index (χ4v) is 4.26. The highest BCUT2D eigenvalue weighted by atomic mass is 19.1. The molecular formula is C26H26F2N2O2. The van der Waals surface area contributed by atoms with Crippen LogP contribution in [0.15, 0.2) is 72.8 Å². The van der Waals surface area contributed by atoms with Crippen LogP contribution in [-0.4, -0.2) is 47.0 Å². The van der Waals surface area contributed by atoms with E-state index in [1.807, 2.05) is 17.0 Å². The van der Waals surface area contributed by atoms with E-state index in [0.29, 0.717) is 39.0 Å². The zero-order chi connectivity index (χ0) is 22.5. The zero-order valence-electron chi connectivity index (χ0n) is 17.8. The molecule has 1 N–H and O–H groups in total. The second kappa shape index (κ2) is 9.92. The van der Waals surface area contributed by atoms with Crippen LogP contribution in [0.25, 0.3) is 0 Å². The van der Waals surface area contributed by atoms with Crippen molar-refractivity contribution in [3.05, 3.63) is 101 Å². The normalized spacial score (nSPS) is 14.7. The number of hydrogen-bond donors (Lipinski definition) is 1. The molecule has 3 aromatic rings. The van der Waals surface area contributed by atoms with E-state index in [9.17, 15) is 18.7 Å². The van der Waals surface area contributed by atoms with Crippen LogP contribution in [0, 0.1) is 11.6 Å². The summed E-state index contributed by atoms with van der Waals surface area (Å²) in [5, 5.41) is 9.90. The lowest BCUT2D eigenvalue weighted by Gasteiger charge is -2.40. The quantitative estimate of drug-likeness (QED) is 0.617. The SMILES string of the molecule is O=C(CCc1ccccc1O)N1CCN(C(c2ccc(F)cc2)c2ccc(F)cc2)CC1. The van der Waals surface area contributed by atoms with Crippen molar-refractivity contribution in [1.29, 1.82) is 0 Å². The van der Waals surface area contributed by atoms with Gasteiger partial charge in [-0.3, -0.25) is 9.69 Å². The number of hydrogen-bond acceptors (Lipinski definition) is 3. The molecule has 6 heteroatoms. The summed E-state index contributed by atoms with van der Waals surface area (Å²) < 4.78 is 27.0. The van der Waals surface area contributed by atoms with Gasteiger partial charge in [0.15, 0.2) is 0 Å². The van der Waals surface area contributed by atoms with Crippen molar-refractivity contribution < 1.29 is 18.7 Å². The fraction of sp³-hybridized carbons (Fsp3) is 0.269. The van der Waals surface area contributed by atoms with Crippen molar-refractivity contribution in [3.63, 3.8) is 0 Å². The number of amides is 1. The third-order valence-corrected chi connectivity index (χ3v) is 6.00. The number of piperazine rings is 1. The molecule has 0 spiro atoms. The van der Waals surface area contributed by atoms with Gasteiger partial charge in [-0.1, -0.05) is 42.5 Å². The van der Waals surface area contributed by atoms with Crippen LogP contribution in [0.5, 0.6) is 5.75 Å². The van der Waals surface area contributed by atoms with Gasteiger partial charge in [0.25, 0.3) is 0 Å². The first kappa shape index (κ1) is 22.0. The molecule has 4 nitrogen and oxygen atoms in total.